The smallest absolute Gasteiger partial charge is 0.123 e. The van der Waals surface area contributed by atoms with Crippen molar-refractivity contribution >= 4 is 0 Å². The molecule has 0 radical (unpaired) electrons. The van der Waals surface area contributed by atoms with E-state index in [1.165, 1.54) is 12.1 Å². The molecular formula is C13H17F2N. The fraction of sp³-hybridized carbons (Fsp3) is 0.538. The molecule has 1 aromatic rings. The minimum absolute atomic E-state index is 0.129. The molecule has 0 bridgehead atoms. The van der Waals surface area contributed by atoms with Crippen LogP contribution in [0.4, 0.5) is 8.78 Å². The van der Waals surface area contributed by atoms with E-state index < -0.39 is 6.17 Å². The summed E-state index contributed by atoms with van der Waals surface area (Å²) in [5.74, 6) is -0.153. The van der Waals surface area contributed by atoms with Crippen LogP contribution < -0.4 is 5.32 Å². The van der Waals surface area contributed by atoms with Crippen LogP contribution in [0.2, 0.25) is 0 Å². The molecule has 1 fully saturated rings. The van der Waals surface area contributed by atoms with Gasteiger partial charge in [-0.15, -0.1) is 0 Å². The molecule has 1 heterocycles. The third-order valence-electron chi connectivity index (χ3n) is 3.22. The molecule has 1 aromatic carbocycles. The predicted octanol–water partition coefficient (Wildman–Crippen LogP) is 2.71. The van der Waals surface area contributed by atoms with E-state index >= 15 is 0 Å². The van der Waals surface area contributed by atoms with Crippen LogP contribution in [0.15, 0.2) is 24.3 Å². The van der Waals surface area contributed by atoms with Gasteiger partial charge in [-0.25, -0.2) is 8.78 Å². The summed E-state index contributed by atoms with van der Waals surface area (Å²) in [5.41, 5.74) is 0.756. The summed E-state index contributed by atoms with van der Waals surface area (Å²) >= 11 is 0. The van der Waals surface area contributed by atoms with Crippen LogP contribution in [0, 0.1) is 11.7 Å². The van der Waals surface area contributed by atoms with E-state index in [9.17, 15) is 8.78 Å². The normalized spacial score (nSPS) is 19.6. The van der Waals surface area contributed by atoms with Gasteiger partial charge in [0, 0.05) is 6.42 Å². The van der Waals surface area contributed by atoms with Crippen LogP contribution in [0.5, 0.6) is 0 Å². The van der Waals surface area contributed by atoms with E-state index in [1.807, 2.05) is 0 Å². The third-order valence-corrected chi connectivity index (χ3v) is 3.22. The lowest BCUT2D eigenvalue weighted by Crippen LogP contribution is -2.33. The Morgan fingerprint density at radius 1 is 1.31 bits per heavy atom. The number of hydrogen-bond donors (Lipinski definition) is 1. The number of halogens is 2. The van der Waals surface area contributed by atoms with Crippen molar-refractivity contribution in [3.05, 3.63) is 35.6 Å². The summed E-state index contributed by atoms with van der Waals surface area (Å²) in [6, 6.07) is 6.24. The number of nitrogens with one attached hydrogen (secondary N) is 1. The van der Waals surface area contributed by atoms with Crippen LogP contribution in [0.1, 0.15) is 18.4 Å². The Morgan fingerprint density at radius 2 is 2.06 bits per heavy atom. The van der Waals surface area contributed by atoms with Crippen molar-refractivity contribution in [2.75, 3.05) is 13.1 Å². The molecule has 0 spiro atoms. The Morgan fingerprint density at radius 3 is 2.75 bits per heavy atom. The standard InChI is InChI=1S/C13H17F2N/c14-12-3-1-2-10(8-12)9-13(15)11-4-6-16-7-5-11/h1-3,8,11,13,16H,4-7,9H2. The van der Waals surface area contributed by atoms with Crippen LogP contribution in [-0.4, -0.2) is 19.3 Å². The van der Waals surface area contributed by atoms with Crippen LogP contribution in [0.3, 0.4) is 0 Å². The van der Waals surface area contributed by atoms with Crippen LogP contribution in [0.25, 0.3) is 0 Å². The highest BCUT2D eigenvalue weighted by Gasteiger charge is 2.23. The summed E-state index contributed by atoms with van der Waals surface area (Å²) in [6.45, 7) is 1.79. The van der Waals surface area contributed by atoms with Crippen molar-refractivity contribution < 1.29 is 8.78 Å². The quantitative estimate of drug-likeness (QED) is 0.834. The molecular weight excluding hydrogens is 208 g/mol. The van der Waals surface area contributed by atoms with Crippen molar-refractivity contribution in [2.45, 2.75) is 25.4 Å². The topological polar surface area (TPSA) is 12.0 Å². The van der Waals surface area contributed by atoms with Gasteiger partial charge in [0.1, 0.15) is 12.0 Å². The van der Waals surface area contributed by atoms with E-state index in [1.54, 1.807) is 12.1 Å². The monoisotopic (exact) mass is 225 g/mol. The molecule has 1 aliphatic rings. The number of hydrogen-bond acceptors (Lipinski definition) is 1. The molecule has 1 atom stereocenters. The van der Waals surface area contributed by atoms with Crippen LogP contribution >= 0.6 is 0 Å². The first-order valence-electron chi connectivity index (χ1n) is 5.85. The molecule has 16 heavy (non-hydrogen) atoms. The highest BCUT2D eigenvalue weighted by atomic mass is 19.1. The summed E-state index contributed by atoms with van der Waals surface area (Å²) in [7, 11) is 0. The lowest BCUT2D eigenvalue weighted by Gasteiger charge is -2.25. The maximum absolute atomic E-state index is 14.0. The molecule has 1 saturated heterocycles. The Kier molecular flexibility index (Phi) is 3.88. The summed E-state index contributed by atoms with van der Waals surface area (Å²) in [5, 5.41) is 3.22. The van der Waals surface area contributed by atoms with Gasteiger partial charge >= 0.3 is 0 Å². The minimum Gasteiger partial charge on any atom is -0.317 e. The molecule has 0 aromatic heterocycles. The molecule has 0 amide bonds. The lowest BCUT2D eigenvalue weighted by atomic mass is 9.89. The van der Waals surface area contributed by atoms with Gasteiger partial charge in [-0.1, -0.05) is 12.1 Å². The Labute approximate surface area is 94.9 Å². The molecule has 88 valence electrons. The second-order valence-corrected chi connectivity index (χ2v) is 4.44. The fourth-order valence-corrected chi connectivity index (χ4v) is 2.26. The molecule has 1 aliphatic heterocycles. The first-order valence-corrected chi connectivity index (χ1v) is 5.85. The molecule has 0 saturated carbocycles. The van der Waals surface area contributed by atoms with Crippen molar-refractivity contribution in [3.8, 4) is 0 Å². The van der Waals surface area contributed by atoms with Crippen molar-refractivity contribution in [1.82, 2.24) is 5.32 Å². The number of piperidine rings is 1. The zero-order valence-corrected chi connectivity index (χ0v) is 9.26. The molecule has 2 rings (SSSR count). The average molecular weight is 225 g/mol. The van der Waals surface area contributed by atoms with Crippen molar-refractivity contribution in [1.29, 1.82) is 0 Å². The lowest BCUT2D eigenvalue weighted by molar-refractivity contribution is 0.187. The van der Waals surface area contributed by atoms with E-state index in [0.29, 0.717) is 6.42 Å². The van der Waals surface area contributed by atoms with Gasteiger partial charge in [-0.05, 0) is 49.5 Å². The van der Waals surface area contributed by atoms with Gasteiger partial charge < -0.3 is 5.32 Å². The SMILES string of the molecule is Fc1cccc(CC(F)C2CCNCC2)c1. The Hall–Kier alpha value is -0.960. The van der Waals surface area contributed by atoms with E-state index in [2.05, 4.69) is 5.32 Å². The van der Waals surface area contributed by atoms with Gasteiger partial charge in [-0.3, -0.25) is 0 Å². The summed E-state index contributed by atoms with van der Waals surface area (Å²) < 4.78 is 26.9. The Bertz CT molecular complexity index is 334. The zero-order chi connectivity index (χ0) is 11.4. The van der Waals surface area contributed by atoms with Gasteiger partial charge in [-0.2, -0.15) is 0 Å². The second kappa shape index (κ2) is 5.39. The second-order valence-electron chi connectivity index (χ2n) is 4.44. The summed E-state index contributed by atoms with van der Waals surface area (Å²) in [6.07, 6.45) is 1.26. The van der Waals surface area contributed by atoms with Gasteiger partial charge in [0.15, 0.2) is 0 Å². The summed E-state index contributed by atoms with van der Waals surface area (Å²) in [4.78, 5) is 0. The molecule has 0 aliphatic carbocycles. The van der Waals surface area contributed by atoms with Crippen molar-refractivity contribution in [2.24, 2.45) is 5.92 Å². The zero-order valence-electron chi connectivity index (χ0n) is 9.26. The van der Waals surface area contributed by atoms with E-state index in [0.717, 1.165) is 31.5 Å². The molecule has 1 unspecified atom stereocenters. The molecule has 1 nitrogen and oxygen atoms in total. The van der Waals surface area contributed by atoms with Gasteiger partial charge in [0.05, 0.1) is 0 Å². The van der Waals surface area contributed by atoms with E-state index in [4.69, 9.17) is 0 Å². The maximum Gasteiger partial charge on any atom is 0.123 e. The van der Waals surface area contributed by atoms with Gasteiger partial charge in [0.25, 0.3) is 0 Å². The maximum atomic E-state index is 14.0. The minimum atomic E-state index is -0.844. The highest BCUT2D eigenvalue weighted by molar-refractivity contribution is 5.17. The first kappa shape index (κ1) is 11.5. The molecule has 3 heteroatoms. The highest BCUT2D eigenvalue weighted by Crippen LogP contribution is 2.22. The largest absolute Gasteiger partial charge is 0.317 e. The van der Waals surface area contributed by atoms with Crippen molar-refractivity contribution in [3.63, 3.8) is 0 Å². The predicted molar refractivity (Wildman–Crippen MR) is 60.6 cm³/mol. The molecule has 1 N–H and O–H groups in total. The number of rotatable bonds is 3. The third kappa shape index (κ3) is 3.01. The van der Waals surface area contributed by atoms with Gasteiger partial charge in [0.2, 0.25) is 0 Å². The van der Waals surface area contributed by atoms with E-state index in [-0.39, 0.29) is 11.7 Å². The number of alkyl halides is 1. The fourth-order valence-electron chi connectivity index (χ4n) is 2.26. The first-order chi connectivity index (χ1) is 7.75. The Balaban J connectivity index is 1.93. The average Bonchev–Trinajstić information content (AvgIpc) is 2.30. The van der Waals surface area contributed by atoms with Crippen LogP contribution in [-0.2, 0) is 6.42 Å². The number of benzene rings is 1.